The van der Waals surface area contributed by atoms with Gasteiger partial charge in [-0.25, -0.2) is 0 Å². The van der Waals surface area contributed by atoms with Crippen molar-refractivity contribution in [1.82, 2.24) is 15.1 Å². The van der Waals surface area contributed by atoms with Crippen LogP contribution in [0.5, 0.6) is 0 Å². The van der Waals surface area contributed by atoms with Crippen LogP contribution in [0, 0.1) is 0 Å². The van der Waals surface area contributed by atoms with Crippen LogP contribution in [-0.2, 0) is 13.1 Å². The molecule has 0 radical (unpaired) electrons. The fourth-order valence-electron chi connectivity index (χ4n) is 1.97. The molecule has 16 heavy (non-hydrogen) atoms. The fraction of sp³-hybridized carbons (Fsp3) is 0.364. The molecule has 1 aliphatic rings. The number of aliphatic hydroxyl groups excluding tert-OH is 1. The number of hydrogen-bond donors (Lipinski definition) is 2. The van der Waals surface area contributed by atoms with E-state index in [1.807, 2.05) is 18.3 Å². The standard InChI is InChI=1S/C11H13N3O2/c15-11-5-12-4-10-9(11)7-14(13-10)6-8-2-1-3-16-8/h1-3,7,11-12,15H,4-6H2. The maximum Gasteiger partial charge on any atom is 0.125 e. The van der Waals surface area contributed by atoms with E-state index in [1.165, 1.54) is 0 Å². The third kappa shape index (κ3) is 1.64. The van der Waals surface area contributed by atoms with Crippen LogP contribution in [0.3, 0.4) is 0 Å². The molecule has 1 atom stereocenters. The van der Waals surface area contributed by atoms with Gasteiger partial charge < -0.3 is 14.8 Å². The Balaban J connectivity index is 1.87. The zero-order chi connectivity index (χ0) is 11.0. The Morgan fingerprint density at radius 3 is 3.31 bits per heavy atom. The molecule has 5 nitrogen and oxygen atoms in total. The smallest absolute Gasteiger partial charge is 0.125 e. The predicted molar refractivity (Wildman–Crippen MR) is 56.7 cm³/mol. The Bertz CT molecular complexity index is 475. The molecule has 84 valence electrons. The van der Waals surface area contributed by atoms with Gasteiger partial charge >= 0.3 is 0 Å². The first kappa shape index (κ1) is 9.62. The van der Waals surface area contributed by atoms with Crippen LogP contribution in [-0.4, -0.2) is 21.4 Å². The average Bonchev–Trinajstić information content (AvgIpc) is 2.88. The van der Waals surface area contributed by atoms with E-state index in [0.717, 1.165) is 23.6 Å². The quantitative estimate of drug-likeness (QED) is 0.779. The lowest BCUT2D eigenvalue weighted by atomic mass is 10.1. The normalized spacial score (nSPS) is 19.7. The van der Waals surface area contributed by atoms with E-state index >= 15 is 0 Å². The average molecular weight is 219 g/mol. The minimum Gasteiger partial charge on any atom is -0.467 e. The molecule has 5 heteroatoms. The van der Waals surface area contributed by atoms with Crippen LogP contribution in [0.15, 0.2) is 29.0 Å². The van der Waals surface area contributed by atoms with Crippen molar-refractivity contribution in [2.75, 3.05) is 6.54 Å². The second kappa shape index (κ2) is 3.77. The zero-order valence-corrected chi connectivity index (χ0v) is 8.76. The van der Waals surface area contributed by atoms with Gasteiger partial charge in [-0.05, 0) is 12.1 Å². The van der Waals surface area contributed by atoms with Gasteiger partial charge in [-0.1, -0.05) is 0 Å². The molecule has 2 aromatic rings. The Hall–Kier alpha value is -1.59. The fourth-order valence-corrected chi connectivity index (χ4v) is 1.97. The maximum atomic E-state index is 9.76. The van der Waals surface area contributed by atoms with Gasteiger partial charge in [0.2, 0.25) is 0 Å². The predicted octanol–water partition coefficient (Wildman–Crippen LogP) is 0.661. The summed E-state index contributed by atoms with van der Waals surface area (Å²) in [6, 6.07) is 3.77. The SMILES string of the molecule is OC1CNCc2nn(Cc3ccco3)cc21. The summed E-state index contributed by atoms with van der Waals surface area (Å²) in [7, 11) is 0. The number of furan rings is 1. The molecule has 3 heterocycles. The minimum atomic E-state index is -0.450. The molecule has 3 rings (SSSR count). The van der Waals surface area contributed by atoms with Crippen molar-refractivity contribution in [3.63, 3.8) is 0 Å². The van der Waals surface area contributed by atoms with Gasteiger partial charge in [0, 0.05) is 24.8 Å². The summed E-state index contributed by atoms with van der Waals surface area (Å²) in [5, 5.41) is 17.3. The highest BCUT2D eigenvalue weighted by molar-refractivity contribution is 5.23. The number of β-amino-alcohol motifs (C(OH)–C–C–N with tert-alkyl or cyclic N) is 1. The second-order valence-electron chi connectivity index (χ2n) is 3.95. The van der Waals surface area contributed by atoms with E-state index in [4.69, 9.17) is 4.42 Å². The molecular weight excluding hydrogens is 206 g/mol. The molecule has 0 aliphatic carbocycles. The van der Waals surface area contributed by atoms with Crippen LogP contribution in [0.4, 0.5) is 0 Å². The van der Waals surface area contributed by atoms with Crippen molar-refractivity contribution in [3.8, 4) is 0 Å². The first-order valence-electron chi connectivity index (χ1n) is 5.30. The molecule has 1 unspecified atom stereocenters. The van der Waals surface area contributed by atoms with Crippen molar-refractivity contribution < 1.29 is 9.52 Å². The van der Waals surface area contributed by atoms with Crippen molar-refractivity contribution >= 4 is 0 Å². The summed E-state index contributed by atoms with van der Waals surface area (Å²) < 4.78 is 7.06. The highest BCUT2D eigenvalue weighted by atomic mass is 16.3. The molecule has 0 spiro atoms. The van der Waals surface area contributed by atoms with Gasteiger partial charge in [-0.15, -0.1) is 0 Å². The van der Waals surface area contributed by atoms with Crippen molar-refractivity contribution in [2.45, 2.75) is 19.2 Å². The second-order valence-corrected chi connectivity index (χ2v) is 3.95. The van der Waals surface area contributed by atoms with E-state index in [-0.39, 0.29) is 0 Å². The van der Waals surface area contributed by atoms with E-state index < -0.39 is 6.10 Å². The molecule has 2 N–H and O–H groups in total. The van der Waals surface area contributed by atoms with Gasteiger partial charge in [0.15, 0.2) is 0 Å². The van der Waals surface area contributed by atoms with E-state index in [9.17, 15) is 5.11 Å². The number of aromatic nitrogens is 2. The highest BCUT2D eigenvalue weighted by Crippen LogP contribution is 2.20. The minimum absolute atomic E-state index is 0.450. The van der Waals surface area contributed by atoms with Gasteiger partial charge in [0.1, 0.15) is 5.76 Å². The molecule has 0 bridgehead atoms. The lowest BCUT2D eigenvalue weighted by Crippen LogP contribution is -2.27. The number of hydrogen-bond acceptors (Lipinski definition) is 4. The monoisotopic (exact) mass is 219 g/mol. The van der Waals surface area contributed by atoms with Crippen LogP contribution in [0.25, 0.3) is 0 Å². The Morgan fingerprint density at radius 1 is 1.62 bits per heavy atom. The van der Waals surface area contributed by atoms with Gasteiger partial charge in [0.05, 0.1) is 24.6 Å². The zero-order valence-electron chi connectivity index (χ0n) is 8.76. The van der Waals surface area contributed by atoms with E-state index in [2.05, 4.69) is 10.4 Å². The van der Waals surface area contributed by atoms with Gasteiger partial charge in [-0.3, -0.25) is 4.68 Å². The van der Waals surface area contributed by atoms with Crippen LogP contribution >= 0.6 is 0 Å². The molecule has 0 fully saturated rings. The summed E-state index contributed by atoms with van der Waals surface area (Å²) in [5.74, 6) is 0.863. The number of nitrogens with one attached hydrogen (secondary N) is 1. The molecule has 0 aromatic carbocycles. The largest absolute Gasteiger partial charge is 0.467 e. The van der Waals surface area contributed by atoms with Crippen molar-refractivity contribution in [1.29, 1.82) is 0 Å². The van der Waals surface area contributed by atoms with Crippen LogP contribution in [0.2, 0.25) is 0 Å². The topological polar surface area (TPSA) is 63.2 Å². The van der Waals surface area contributed by atoms with E-state index in [1.54, 1.807) is 10.9 Å². The first-order chi connectivity index (χ1) is 7.83. The number of nitrogens with zero attached hydrogens (tertiary/aromatic N) is 2. The summed E-state index contributed by atoms with van der Waals surface area (Å²) in [6.07, 6.45) is 3.09. The van der Waals surface area contributed by atoms with Crippen LogP contribution in [0.1, 0.15) is 23.1 Å². The Morgan fingerprint density at radius 2 is 2.56 bits per heavy atom. The third-order valence-corrected chi connectivity index (χ3v) is 2.76. The summed E-state index contributed by atoms with van der Waals surface area (Å²) in [6.45, 7) is 1.92. The van der Waals surface area contributed by atoms with Gasteiger partial charge in [-0.2, -0.15) is 5.10 Å². The maximum absolute atomic E-state index is 9.76. The number of rotatable bonds is 2. The molecular formula is C11H13N3O2. The molecule has 0 saturated heterocycles. The lowest BCUT2D eigenvalue weighted by Gasteiger charge is -2.16. The summed E-state index contributed by atoms with van der Waals surface area (Å²) >= 11 is 0. The molecule has 0 amide bonds. The Labute approximate surface area is 92.7 Å². The first-order valence-corrected chi connectivity index (χ1v) is 5.30. The molecule has 0 saturated carbocycles. The number of fused-ring (bicyclic) bond motifs is 1. The third-order valence-electron chi connectivity index (χ3n) is 2.76. The Kier molecular flexibility index (Phi) is 2.27. The van der Waals surface area contributed by atoms with Crippen molar-refractivity contribution in [2.24, 2.45) is 0 Å². The van der Waals surface area contributed by atoms with Gasteiger partial charge in [0.25, 0.3) is 0 Å². The summed E-state index contributed by atoms with van der Waals surface area (Å²) in [4.78, 5) is 0. The van der Waals surface area contributed by atoms with E-state index in [0.29, 0.717) is 13.1 Å². The molecule has 2 aromatic heterocycles. The molecule has 1 aliphatic heterocycles. The number of aliphatic hydroxyl groups is 1. The lowest BCUT2D eigenvalue weighted by molar-refractivity contribution is 0.165. The highest BCUT2D eigenvalue weighted by Gasteiger charge is 2.21. The van der Waals surface area contributed by atoms with Crippen LogP contribution < -0.4 is 5.32 Å². The summed E-state index contributed by atoms with van der Waals surface area (Å²) in [5.41, 5.74) is 1.84. The van der Waals surface area contributed by atoms with Crippen molar-refractivity contribution in [3.05, 3.63) is 41.6 Å².